The fourth-order valence-electron chi connectivity index (χ4n) is 3.92. The summed E-state index contributed by atoms with van der Waals surface area (Å²) in [4.78, 5) is 25.7. The molecular formula is C25H26N6O3S2. The van der Waals surface area contributed by atoms with Gasteiger partial charge in [-0.15, -0.1) is 0 Å². The molecule has 1 unspecified atom stereocenters. The number of fused-ring (bicyclic) bond motifs is 1. The van der Waals surface area contributed by atoms with Crippen LogP contribution in [0.5, 0.6) is 0 Å². The molecule has 9 nitrogen and oxygen atoms in total. The molecule has 0 radical (unpaired) electrons. The topological polar surface area (TPSA) is 138 Å². The number of sulfonamides is 1. The van der Waals surface area contributed by atoms with Crippen LogP contribution in [-0.2, 0) is 27.7 Å². The minimum Gasteiger partial charge on any atom is -0.325 e. The number of amides is 1. The summed E-state index contributed by atoms with van der Waals surface area (Å²) < 4.78 is 27.8. The molecule has 4 rings (SSSR count). The summed E-state index contributed by atoms with van der Waals surface area (Å²) in [5.41, 5.74) is 4.36. The third kappa shape index (κ3) is 6.01. The van der Waals surface area contributed by atoms with E-state index in [2.05, 4.69) is 31.1 Å². The van der Waals surface area contributed by atoms with E-state index < -0.39 is 15.3 Å². The van der Waals surface area contributed by atoms with Gasteiger partial charge in [-0.3, -0.25) is 4.79 Å². The number of thioether (sulfide) groups is 1. The van der Waals surface area contributed by atoms with Gasteiger partial charge in [-0.05, 0) is 88.4 Å². The van der Waals surface area contributed by atoms with Crippen molar-refractivity contribution in [2.24, 2.45) is 0 Å². The number of carbonyl (C=O) groups excluding carboxylic acids is 1. The first kappa shape index (κ1) is 25.6. The zero-order valence-corrected chi connectivity index (χ0v) is 21.8. The molecule has 0 aliphatic heterocycles. The molecule has 2 heterocycles. The van der Waals surface area contributed by atoms with E-state index in [0.717, 1.165) is 36.9 Å². The summed E-state index contributed by atoms with van der Waals surface area (Å²) in [5, 5.41) is 12.4. The molecule has 36 heavy (non-hydrogen) atoms. The maximum atomic E-state index is 12.8. The molecule has 1 aliphatic rings. The van der Waals surface area contributed by atoms with Crippen LogP contribution in [0.25, 0.3) is 0 Å². The van der Waals surface area contributed by atoms with Gasteiger partial charge in [0.15, 0.2) is 0 Å². The summed E-state index contributed by atoms with van der Waals surface area (Å²) >= 11 is 1.24. The van der Waals surface area contributed by atoms with Crippen LogP contribution < -0.4 is 10.0 Å². The third-order valence-corrected chi connectivity index (χ3v) is 8.13. The molecular weight excluding hydrogens is 496 g/mol. The van der Waals surface area contributed by atoms with E-state index in [1.54, 1.807) is 26.8 Å². The molecule has 1 aromatic carbocycles. The van der Waals surface area contributed by atoms with Gasteiger partial charge >= 0.3 is 0 Å². The van der Waals surface area contributed by atoms with Gasteiger partial charge in [0.05, 0.1) is 15.7 Å². The molecule has 2 aromatic heterocycles. The van der Waals surface area contributed by atoms with Crippen molar-refractivity contribution >= 4 is 39.3 Å². The number of carbonyl (C=O) groups is 1. The monoisotopic (exact) mass is 522 g/mol. The van der Waals surface area contributed by atoms with Crippen molar-refractivity contribution in [3.63, 3.8) is 0 Å². The Morgan fingerprint density at radius 1 is 1.06 bits per heavy atom. The number of nitrogens with zero attached hydrogens (tertiary/aromatic N) is 4. The second-order valence-electron chi connectivity index (χ2n) is 8.62. The van der Waals surface area contributed by atoms with Crippen LogP contribution in [-0.4, -0.2) is 34.5 Å². The predicted molar refractivity (Wildman–Crippen MR) is 138 cm³/mol. The summed E-state index contributed by atoms with van der Waals surface area (Å²) in [6, 6.07) is 11.7. The lowest BCUT2D eigenvalue weighted by atomic mass is 9.95. The van der Waals surface area contributed by atoms with Crippen LogP contribution in [0, 0.1) is 25.2 Å². The van der Waals surface area contributed by atoms with Gasteiger partial charge in [-0.1, -0.05) is 11.8 Å². The van der Waals surface area contributed by atoms with Gasteiger partial charge in [0, 0.05) is 22.8 Å². The zero-order valence-electron chi connectivity index (χ0n) is 20.2. The molecule has 0 saturated heterocycles. The Morgan fingerprint density at radius 3 is 2.39 bits per heavy atom. The lowest BCUT2D eigenvalue weighted by Gasteiger charge is -2.18. The number of hydrogen-bond donors (Lipinski definition) is 2. The first-order chi connectivity index (χ1) is 17.1. The Balaban J connectivity index is 1.42. The second-order valence-corrected chi connectivity index (χ2v) is 11.6. The number of rotatable bonds is 7. The maximum Gasteiger partial charge on any atom is 0.264 e. The summed E-state index contributed by atoms with van der Waals surface area (Å²) in [7, 11) is -3.90. The summed E-state index contributed by atoms with van der Waals surface area (Å²) in [6.07, 6.45) is 3.98. The lowest BCUT2D eigenvalue weighted by molar-refractivity contribution is -0.115. The van der Waals surface area contributed by atoms with Crippen LogP contribution in [0.1, 0.15) is 48.0 Å². The number of hydrogen-bond acceptors (Lipinski definition) is 8. The Hall–Kier alpha value is -3.49. The molecule has 2 N–H and O–H groups in total. The quantitative estimate of drug-likeness (QED) is 0.441. The molecule has 0 saturated carbocycles. The first-order valence-electron chi connectivity index (χ1n) is 11.5. The van der Waals surface area contributed by atoms with E-state index in [9.17, 15) is 18.5 Å². The van der Waals surface area contributed by atoms with E-state index in [0.29, 0.717) is 27.7 Å². The number of benzene rings is 1. The van der Waals surface area contributed by atoms with Gasteiger partial charge in [0.25, 0.3) is 10.0 Å². The Kier molecular flexibility index (Phi) is 7.56. The zero-order chi connectivity index (χ0) is 25.9. The summed E-state index contributed by atoms with van der Waals surface area (Å²) in [5.74, 6) is -0.274. The number of nitrogens with one attached hydrogen (secondary N) is 2. The average molecular weight is 523 g/mol. The van der Waals surface area contributed by atoms with Crippen LogP contribution >= 0.6 is 11.8 Å². The highest BCUT2D eigenvalue weighted by atomic mass is 32.2. The van der Waals surface area contributed by atoms with Gasteiger partial charge in [0.2, 0.25) is 11.9 Å². The SMILES string of the molecule is Cc1cc(C)nc(NS(=O)(=O)c2ccc(NC(=O)C(C)Sc3nc4c(cc3C#N)CCCC4)cc2)n1. The van der Waals surface area contributed by atoms with Crippen molar-refractivity contribution in [3.05, 3.63) is 64.6 Å². The second kappa shape index (κ2) is 10.6. The minimum absolute atomic E-state index is 0.00301. The van der Waals surface area contributed by atoms with Crippen LogP contribution in [0.4, 0.5) is 11.6 Å². The molecule has 186 valence electrons. The fourth-order valence-corrected chi connectivity index (χ4v) is 5.76. The van der Waals surface area contributed by atoms with Crippen LogP contribution in [0.2, 0.25) is 0 Å². The summed E-state index contributed by atoms with van der Waals surface area (Å²) in [6.45, 7) is 5.26. The Labute approximate surface area is 214 Å². The molecule has 3 aromatic rings. The normalized spacial score (nSPS) is 13.8. The van der Waals surface area contributed by atoms with Crippen molar-refractivity contribution < 1.29 is 13.2 Å². The van der Waals surface area contributed by atoms with Gasteiger partial charge in [0.1, 0.15) is 11.1 Å². The maximum absolute atomic E-state index is 12.8. The van der Waals surface area contributed by atoms with Crippen molar-refractivity contribution in [1.82, 2.24) is 15.0 Å². The standard InChI is InChI=1S/C25H26N6O3S2/c1-15-12-16(2)28-25(27-15)31-36(33,34)21-10-8-20(9-11-21)29-23(32)17(3)35-24-19(14-26)13-18-6-4-5-7-22(18)30-24/h8-13,17H,4-7H2,1-3H3,(H,29,32)(H,27,28,31). The lowest BCUT2D eigenvalue weighted by Crippen LogP contribution is -2.23. The highest BCUT2D eigenvalue weighted by Gasteiger charge is 2.21. The Bertz CT molecular complexity index is 1430. The molecule has 0 fully saturated rings. The van der Waals surface area contributed by atoms with Crippen molar-refractivity contribution in [3.8, 4) is 6.07 Å². The molecule has 0 spiro atoms. The van der Waals surface area contributed by atoms with Gasteiger partial charge < -0.3 is 5.32 Å². The number of nitriles is 1. The van der Waals surface area contributed by atoms with E-state index in [-0.39, 0.29) is 16.8 Å². The molecule has 1 aliphatic carbocycles. The van der Waals surface area contributed by atoms with Crippen LogP contribution in [0.15, 0.2) is 46.3 Å². The average Bonchev–Trinajstić information content (AvgIpc) is 2.83. The predicted octanol–water partition coefficient (Wildman–Crippen LogP) is 4.16. The molecule has 11 heteroatoms. The number of aryl methyl sites for hydroxylation is 4. The van der Waals surface area contributed by atoms with E-state index in [1.807, 2.05) is 6.07 Å². The smallest absolute Gasteiger partial charge is 0.264 e. The van der Waals surface area contributed by atoms with Gasteiger partial charge in [-0.25, -0.2) is 28.1 Å². The largest absolute Gasteiger partial charge is 0.325 e. The third-order valence-electron chi connectivity index (χ3n) is 5.68. The first-order valence-corrected chi connectivity index (χ1v) is 13.9. The number of anilines is 2. The number of aromatic nitrogens is 3. The molecule has 0 bridgehead atoms. The molecule has 1 amide bonds. The van der Waals surface area contributed by atoms with E-state index in [1.165, 1.54) is 36.0 Å². The number of pyridine rings is 1. The fraction of sp³-hybridized carbons (Fsp3) is 0.320. The van der Waals surface area contributed by atoms with Crippen molar-refractivity contribution in [2.75, 3.05) is 10.0 Å². The Morgan fingerprint density at radius 2 is 1.72 bits per heavy atom. The minimum atomic E-state index is -3.90. The van der Waals surface area contributed by atoms with E-state index in [4.69, 9.17) is 0 Å². The van der Waals surface area contributed by atoms with Crippen LogP contribution in [0.3, 0.4) is 0 Å². The highest BCUT2D eigenvalue weighted by molar-refractivity contribution is 8.00. The van der Waals surface area contributed by atoms with Gasteiger partial charge in [-0.2, -0.15) is 5.26 Å². The van der Waals surface area contributed by atoms with Crippen molar-refractivity contribution in [1.29, 1.82) is 5.26 Å². The molecule has 1 atom stereocenters. The van der Waals surface area contributed by atoms with Crippen molar-refractivity contribution in [2.45, 2.75) is 61.6 Å². The van der Waals surface area contributed by atoms with E-state index >= 15 is 0 Å². The highest BCUT2D eigenvalue weighted by Crippen LogP contribution is 2.30.